The summed E-state index contributed by atoms with van der Waals surface area (Å²) in [6.07, 6.45) is 6.05. The van der Waals surface area contributed by atoms with E-state index in [1.165, 1.54) is 4.88 Å². The van der Waals surface area contributed by atoms with Gasteiger partial charge in [-0.1, -0.05) is 12.8 Å². The molecule has 0 aromatic carbocycles. The van der Waals surface area contributed by atoms with E-state index >= 15 is 0 Å². The number of nitrogens with one attached hydrogen (secondary N) is 2. The lowest BCUT2D eigenvalue weighted by Crippen LogP contribution is -2.34. The fourth-order valence-corrected chi connectivity index (χ4v) is 1.97. The van der Waals surface area contributed by atoms with Crippen LogP contribution in [0.1, 0.15) is 16.7 Å². The van der Waals surface area contributed by atoms with Crippen LogP contribution in [0, 0.1) is 12.3 Å². The van der Waals surface area contributed by atoms with Crippen LogP contribution in [-0.4, -0.2) is 12.6 Å². The van der Waals surface area contributed by atoms with Crippen molar-refractivity contribution in [2.45, 2.75) is 19.9 Å². The van der Waals surface area contributed by atoms with Crippen LogP contribution in [0.4, 0.5) is 4.79 Å². The second kappa shape index (κ2) is 6.10. The average molecular weight is 222 g/mol. The Labute approximate surface area is 93.9 Å². The van der Waals surface area contributed by atoms with Crippen molar-refractivity contribution in [2.24, 2.45) is 0 Å². The summed E-state index contributed by atoms with van der Waals surface area (Å²) in [4.78, 5) is 13.6. The third-order valence-electron chi connectivity index (χ3n) is 1.84. The number of rotatable bonds is 4. The Bertz CT molecular complexity index is 365. The summed E-state index contributed by atoms with van der Waals surface area (Å²) in [5.74, 6) is 2.34. The maximum atomic E-state index is 11.1. The van der Waals surface area contributed by atoms with Crippen LogP contribution in [-0.2, 0) is 13.0 Å². The number of hydrogen-bond donors (Lipinski definition) is 2. The summed E-state index contributed by atoms with van der Waals surface area (Å²) >= 11 is 1.72. The third-order valence-corrected chi connectivity index (χ3v) is 3.07. The summed E-state index contributed by atoms with van der Waals surface area (Å²) in [7, 11) is 0. The maximum Gasteiger partial charge on any atom is 0.315 e. The molecule has 2 amide bonds. The summed E-state index contributed by atoms with van der Waals surface area (Å²) in [5, 5.41) is 5.28. The van der Waals surface area contributed by atoms with Gasteiger partial charge in [0, 0.05) is 9.75 Å². The van der Waals surface area contributed by atoms with Crippen molar-refractivity contribution >= 4 is 17.4 Å². The van der Waals surface area contributed by atoms with Gasteiger partial charge < -0.3 is 10.6 Å². The molecule has 2 N–H and O–H groups in total. The Kier molecular flexibility index (Phi) is 4.72. The van der Waals surface area contributed by atoms with Gasteiger partial charge in [-0.25, -0.2) is 4.79 Å². The number of amides is 2. The van der Waals surface area contributed by atoms with Crippen molar-refractivity contribution in [2.75, 3.05) is 6.54 Å². The summed E-state index contributed by atoms with van der Waals surface area (Å²) in [6, 6.07) is 3.89. The first kappa shape index (κ1) is 11.6. The average Bonchev–Trinajstić information content (AvgIpc) is 2.71. The van der Waals surface area contributed by atoms with E-state index in [4.69, 9.17) is 6.42 Å². The number of terminal acetylenes is 1. The first-order valence-corrected chi connectivity index (χ1v) is 5.60. The highest BCUT2D eigenvalue weighted by molar-refractivity contribution is 7.11. The number of aryl methyl sites for hydroxylation is 1. The monoisotopic (exact) mass is 222 g/mol. The molecule has 1 aromatic heterocycles. The summed E-state index contributed by atoms with van der Waals surface area (Å²) in [5.41, 5.74) is 0. The maximum absolute atomic E-state index is 11.1. The predicted octanol–water partition coefficient (Wildman–Crippen LogP) is 1.74. The first-order chi connectivity index (χ1) is 7.26. The highest BCUT2D eigenvalue weighted by Gasteiger charge is 2.01. The Morgan fingerprint density at radius 3 is 2.80 bits per heavy atom. The number of urea groups is 1. The first-order valence-electron chi connectivity index (χ1n) is 4.79. The largest absolute Gasteiger partial charge is 0.333 e. The summed E-state index contributed by atoms with van der Waals surface area (Å²) < 4.78 is 0. The molecule has 1 heterocycles. The Balaban J connectivity index is 2.31. The van der Waals surface area contributed by atoms with E-state index in [-0.39, 0.29) is 12.6 Å². The molecular weight excluding hydrogens is 208 g/mol. The van der Waals surface area contributed by atoms with Crippen LogP contribution in [0.25, 0.3) is 0 Å². The Morgan fingerprint density at radius 2 is 2.20 bits per heavy atom. The SMILES string of the molecule is C#CCNC(=O)NCc1ccc(CC)s1. The summed E-state index contributed by atoms with van der Waals surface area (Å²) in [6.45, 7) is 2.93. The molecule has 1 aromatic rings. The highest BCUT2D eigenvalue weighted by atomic mass is 32.1. The van der Waals surface area contributed by atoms with Gasteiger partial charge in [0.25, 0.3) is 0 Å². The van der Waals surface area contributed by atoms with Gasteiger partial charge >= 0.3 is 6.03 Å². The normalized spacial score (nSPS) is 9.33. The van der Waals surface area contributed by atoms with E-state index in [0.717, 1.165) is 11.3 Å². The van der Waals surface area contributed by atoms with E-state index in [9.17, 15) is 4.79 Å². The lowest BCUT2D eigenvalue weighted by molar-refractivity contribution is 0.242. The highest BCUT2D eigenvalue weighted by Crippen LogP contribution is 2.16. The minimum atomic E-state index is -0.223. The van der Waals surface area contributed by atoms with Gasteiger partial charge in [-0.2, -0.15) is 0 Å². The molecule has 4 heteroatoms. The predicted molar refractivity (Wildman–Crippen MR) is 62.8 cm³/mol. The molecule has 0 aliphatic rings. The van der Waals surface area contributed by atoms with E-state index < -0.39 is 0 Å². The van der Waals surface area contributed by atoms with E-state index in [1.54, 1.807) is 11.3 Å². The van der Waals surface area contributed by atoms with Crippen molar-refractivity contribution < 1.29 is 4.79 Å². The van der Waals surface area contributed by atoms with E-state index in [1.807, 2.05) is 6.07 Å². The number of hydrogen-bond acceptors (Lipinski definition) is 2. The van der Waals surface area contributed by atoms with E-state index in [2.05, 4.69) is 29.5 Å². The van der Waals surface area contributed by atoms with Gasteiger partial charge in [0.1, 0.15) is 0 Å². The zero-order chi connectivity index (χ0) is 11.1. The standard InChI is InChI=1S/C11H14N2OS/c1-3-7-12-11(14)13-8-10-6-5-9(4-2)15-10/h1,5-6H,4,7-8H2,2H3,(H2,12,13,14). The van der Waals surface area contributed by atoms with Crippen LogP contribution >= 0.6 is 11.3 Å². The van der Waals surface area contributed by atoms with Crippen LogP contribution in [0.15, 0.2) is 12.1 Å². The molecule has 3 nitrogen and oxygen atoms in total. The minimum Gasteiger partial charge on any atom is -0.333 e. The van der Waals surface area contributed by atoms with Crippen LogP contribution in [0.2, 0.25) is 0 Å². The molecule has 0 unspecified atom stereocenters. The van der Waals surface area contributed by atoms with Crippen molar-refractivity contribution in [3.8, 4) is 12.3 Å². The molecule has 0 spiro atoms. The van der Waals surface area contributed by atoms with Crippen molar-refractivity contribution in [3.63, 3.8) is 0 Å². The quantitative estimate of drug-likeness (QED) is 0.749. The molecule has 0 radical (unpaired) electrons. The van der Waals surface area contributed by atoms with Gasteiger partial charge in [0.2, 0.25) is 0 Å². The fourth-order valence-electron chi connectivity index (χ4n) is 1.07. The second-order valence-electron chi connectivity index (χ2n) is 2.96. The lowest BCUT2D eigenvalue weighted by atomic mass is 10.4. The molecule has 0 fully saturated rings. The molecule has 15 heavy (non-hydrogen) atoms. The second-order valence-corrected chi connectivity index (χ2v) is 4.21. The molecule has 0 atom stereocenters. The van der Waals surface area contributed by atoms with Crippen LogP contribution < -0.4 is 10.6 Å². The number of thiophene rings is 1. The number of carbonyl (C=O) groups excluding carboxylic acids is 1. The smallest absolute Gasteiger partial charge is 0.315 e. The molecule has 0 saturated heterocycles. The zero-order valence-electron chi connectivity index (χ0n) is 8.67. The van der Waals surface area contributed by atoms with Crippen molar-refractivity contribution in [3.05, 3.63) is 21.9 Å². The molecule has 80 valence electrons. The Hall–Kier alpha value is -1.47. The van der Waals surface area contributed by atoms with Gasteiger partial charge in [0.05, 0.1) is 13.1 Å². The van der Waals surface area contributed by atoms with Crippen molar-refractivity contribution in [1.29, 1.82) is 0 Å². The van der Waals surface area contributed by atoms with Crippen LogP contribution in [0.3, 0.4) is 0 Å². The van der Waals surface area contributed by atoms with Gasteiger partial charge in [-0.3, -0.25) is 0 Å². The Morgan fingerprint density at radius 1 is 1.47 bits per heavy atom. The van der Waals surface area contributed by atoms with Gasteiger partial charge in [-0.05, 0) is 18.6 Å². The van der Waals surface area contributed by atoms with Gasteiger partial charge in [0.15, 0.2) is 0 Å². The molecule has 0 saturated carbocycles. The molecule has 0 bridgehead atoms. The molecular formula is C11H14N2OS. The molecule has 0 aliphatic heterocycles. The van der Waals surface area contributed by atoms with Crippen LogP contribution in [0.5, 0.6) is 0 Å². The van der Waals surface area contributed by atoms with Crippen molar-refractivity contribution in [1.82, 2.24) is 10.6 Å². The van der Waals surface area contributed by atoms with E-state index in [0.29, 0.717) is 6.54 Å². The number of carbonyl (C=O) groups is 1. The molecule has 0 aliphatic carbocycles. The third kappa shape index (κ3) is 4.05. The zero-order valence-corrected chi connectivity index (χ0v) is 9.49. The molecule has 1 rings (SSSR count). The minimum absolute atomic E-state index is 0.223. The fraction of sp³-hybridized carbons (Fsp3) is 0.364. The topological polar surface area (TPSA) is 41.1 Å². The lowest BCUT2D eigenvalue weighted by Gasteiger charge is -2.02. The van der Waals surface area contributed by atoms with Gasteiger partial charge in [-0.15, -0.1) is 17.8 Å².